The van der Waals surface area contributed by atoms with Crippen LogP contribution >= 0.6 is 11.8 Å². The maximum Gasteiger partial charge on any atom is 0.405 e. The molecule has 2 aromatic rings. The van der Waals surface area contributed by atoms with Crippen molar-refractivity contribution in [1.82, 2.24) is 10.3 Å². The Hall–Kier alpha value is -1.69. The van der Waals surface area contributed by atoms with E-state index in [1.165, 1.54) is 11.8 Å². The SMILES string of the molecule is O=C(O)NCSc1nc2ccccc2o1. The molecule has 0 aliphatic heterocycles. The molecule has 15 heavy (non-hydrogen) atoms. The fourth-order valence-corrected chi connectivity index (χ4v) is 1.70. The highest BCUT2D eigenvalue weighted by Gasteiger charge is 2.05. The number of aromatic nitrogens is 1. The Balaban J connectivity index is 2.05. The molecule has 0 atom stereocenters. The molecular weight excluding hydrogens is 216 g/mol. The number of carbonyl (C=O) groups is 1. The van der Waals surface area contributed by atoms with Gasteiger partial charge in [-0.25, -0.2) is 9.78 Å². The van der Waals surface area contributed by atoms with Crippen molar-refractivity contribution in [2.75, 3.05) is 5.88 Å². The summed E-state index contributed by atoms with van der Waals surface area (Å²) in [5.41, 5.74) is 1.48. The second kappa shape index (κ2) is 4.22. The number of benzene rings is 1. The Morgan fingerprint density at radius 2 is 2.33 bits per heavy atom. The maximum atomic E-state index is 10.2. The van der Waals surface area contributed by atoms with Crippen molar-refractivity contribution in [3.63, 3.8) is 0 Å². The van der Waals surface area contributed by atoms with Gasteiger partial charge < -0.3 is 14.8 Å². The zero-order chi connectivity index (χ0) is 10.7. The highest BCUT2D eigenvalue weighted by Crippen LogP contribution is 2.22. The molecule has 1 amide bonds. The third-order valence-electron chi connectivity index (χ3n) is 1.69. The summed E-state index contributed by atoms with van der Waals surface area (Å²) < 4.78 is 5.37. The first-order valence-electron chi connectivity index (χ1n) is 4.21. The molecule has 0 saturated heterocycles. The summed E-state index contributed by atoms with van der Waals surface area (Å²) in [5.74, 6) is 0.224. The Kier molecular flexibility index (Phi) is 2.77. The molecule has 78 valence electrons. The number of carboxylic acid groups (broad SMARTS) is 1. The Morgan fingerprint density at radius 3 is 3.07 bits per heavy atom. The molecule has 0 aliphatic rings. The molecule has 0 aliphatic carbocycles. The lowest BCUT2D eigenvalue weighted by atomic mass is 10.3. The third-order valence-corrected chi connectivity index (χ3v) is 2.40. The molecule has 0 fully saturated rings. The molecule has 0 unspecified atom stereocenters. The minimum absolute atomic E-state index is 0.224. The molecule has 1 aromatic heterocycles. The number of oxazole rings is 1. The number of nitrogens with one attached hydrogen (secondary N) is 1. The maximum absolute atomic E-state index is 10.2. The summed E-state index contributed by atoms with van der Waals surface area (Å²) in [4.78, 5) is 14.4. The van der Waals surface area contributed by atoms with E-state index in [1.54, 1.807) is 0 Å². The first-order chi connectivity index (χ1) is 7.25. The number of nitrogens with zero attached hydrogens (tertiary/aromatic N) is 1. The Labute approximate surface area is 89.5 Å². The van der Waals surface area contributed by atoms with Gasteiger partial charge in [-0.05, 0) is 23.9 Å². The van der Waals surface area contributed by atoms with Gasteiger partial charge in [0.1, 0.15) is 5.52 Å². The summed E-state index contributed by atoms with van der Waals surface area (Å²) in [7, 11) is 0. The summed E-state index contributed by atoms with van der Waals surface area (Å²) in [6.45, 7) is 0. The molecule has 0 radical (unpaired) electrons. The van der Waals surface area contributed by atoms with Crippen molar-refractivity contribution in [1.29, 1.82) is 0 Å². The average molecular weight is 224 g/mol. The van der Waals surface area contributed by atoms with Crippen molar-refractivity contribution in [3.8, 4) is 0 Å². The lowest BCUT2D eigenvalue weighted by molar-refractivity contribution is 0.196. The number of hydrogen-bond donors (Lipinski definition) is 2. The van der Waals surface area contributed by atoms with E-state index in [-0.39, 0.29) is 5.88 Å². The van der Waals surface area contributed by atoms with E-state index in [4.69, 9.17) is 9.52 Å². The van der Waals surface area contributed by atoms with E-state index in [1.807, 2.05) is 24.3 Å². The summed E-state index contributed by atoms with van der Waals surface area (Å²) >= 11 is 1.20. The van der Waals surface area contributed by atoms with Gasteiger partial charge in [0.15, 0.2) is 5.58 Å². The van der Waals surface area contributed by atoms with E-state index < -0.39 is 6.09 Å². The molecule has 0 spiro atoms. The van der Waals surface area contributed by atoms with Gasteiger partial charge in [-0.2, -0.15) is 0 Å². The first kappa shape index (κ1) is 9.85. The quantitative estimate of drug-likeness (QED) is 0.617. The molecule has 2 rings (SSSR count). The molecule has 6 heteroatoms. The topological polar surface area (TPSA) is 75.4 Å². The Bertz CT molecular complexity index is 450. The minimum atomic E-state index is -1.06. The summed E-state index contributed by atoms with van der Waals surface area (Å²) in [6, 6.07) is 7.39. The molecule has 1 heterocycles. The van der Waals surface area contributed by atoms with Gasteiger partial charge in [0.05, 0.1) is 5.88 Å². The van der Waals surface area contributed by atoms with Crippen molar-refractivity contribution in [3.05, 3.63) is 24.3 Å². The van der Waals surface area contributed by atoms with Crippen LogP contribution in [0.2, 0.25) is 0 Å². The lowest BCUT2D eigenvalue weighted by Gasteiger charge is -1.95. The largest absolute Gasteiger partial charge is 0.465 e. The van der Waals surface area contributed by atoms with E-state index in [9.17, 15) is 4.79 Å². The summed E-state index contributed by atoms with van der Waals surface area (Å²) in [6.07, 6.45) is -1.06. The van der Waals surface area contributed by atoms with Crippen LogP contribution in [0.25, 0.3) is 11.1 Å². The van der Waals surface area contributed by atoms with E-state index in [2.05, 4.69) is 10.3 Å². The van der Waals surface area contributed by atoms with Crippen LogP contribution in [0, 0.1) is 0 Å². The van der Waals surface area contributed by atoms with E-state index >= 15 is 0 Å². The van der Waals surface area contributed by atoms with E-state index in [0.717, 1.165) is 5.52 Å². The van der Waals surface area contributed by atoms with Crippen LogP contribution in [0.5, 0.6) is 0 Å². The summed E-state index contributed by atoms with van der Waals surface area (Å²) in [5, 5.41) is 11.0. The van der Waals surface area contributed by atoms with Crippen molar-refractivity contribution in [2.24, 2.45) is 0 Å². The number of rotatable bonds is 3. The minimum Gasteiger partial charge on any atom is -0.465 e. The molecule has 2 N–H and O–H groups in total. The smallest absolute Gasteiger partial charge is 0.405 e. The van der Waals surface area contributed by atoms with Crippen LogP contribution in [-0.2, 0) is 0 Å². The molecule has 1 aromatic carbocycles. The first-order valence-corrected chi connectivity index (χ1v) is 5.19. The Morgan fingerprint density at radius 1 is 1.53 bits per heavy atom. The number of hydrogen-bond acceptors (Lipinski definition) is 4. The lowest BCUT2D eigenvalue weighted by Crippen LogP contribution is -2.19. The second-order valence-electron chi connectivity index (χ2n) is 2.72. The van der Waals surface area contributed by atoms with Crippen molar-refractivity contribution < 1.29 is 14.3 Å². The van der Waals surface area contributed by atoms with Gasteiger partial charge in [-0.15, -0.1) is 0 Å². The van der Waals surface area contributed by atoms with Crippen LogP contribution in [0.1, 0.15) is 0 Å². The zero-order valence-corrected chi connectivity index (χ0v) is 8.45. The normalized spacial score (nSPS) is 10.4. The fourth-order valence-electron chi connectivity index (χ4n) is 1.07. The van der Waals surface area contributed by atoms with Gasteiger partial charge in [0.25, 0.3) is 5.22 Å². The second-order valence-corrected chi connectivity index (χ2v) is 3.64. The van der Waals surface area contributed by atoms with Crippen LogP contribution in [0.4, 0.5) is 4.79 Å². The van der Waals surface area contributed by atoms with Gasteiger partial charge in [-0.3, -0.25) is 0 Å². The highest BCUT2D eigenvalue weighted by molar-refractivity contribution is 7.99. The van der Waals surface area contributed by atoms with Crippen molar-refractivity contribution >= 4 is 29.0 Å². The van der Waals surface area contributed by atoms with Gasteiger partial charge in [0, 0.05) is 0 Å². The van der Waals surface area contributed by atoms with Crippen LogP contribution in [0.3, 0.4) is 0 Å². The van der Waals surface area contributed by atoms with Gasteiger partial charge in [-0.1, -0.05) is 12.1 Å². The predicted octanol–water partition coefficient (Wildman–Crippen LogP) is 2.14. The third kappa shape index (κ3) is 2.41. The number of para-hydroxylation sites is 2. The number of amides is 1. The predicted molar refractivity (Wildman–Crippen MR) is 55.9 cm³/mol. The van der Waals surface area contributed by atoms with Crippen LogP contribution < -0.4 is 5.32 Å². The fraction of sp³-hybridized carbons (Fsp3) is 0.111. The monoisotopic (exact) mass is 224 g/mol. The number of fused-ring (bicyclic) bond motifs is 1. The highest BCUT2D eigenvalue weighted by atomic mass is 32.2. The van der Waals surface area contributed by atoms with Gasteiger partial charge in [0.2, 0.25) is 0 Å². The van der Waals surface area contributed by atoms with Crippen LogP contribution in [-0.4, -0.2) is 22.1 Å². The van der Waals surface area contributed by atoms with E-state index in [0.29, 0.717) is 10.8 Å². The molecule has 0 bridgehead atoms. The van der Waals surface area contributed by atoms with Crippen molar-refractivity contribution in [2.45, 2.75) is 5.22 Å². The zero-order valence-electron chi connectivity index (χ0n) is 7.64. The standard InChI is InChI=1S/C9H8N2O3S/c12-8(13)10-5-15-9-11-6-3-1-2-4-7(6)14-9/h1-4,10H,5H2,(H,12,13). The molecule has 0 saturated carbocycles. The van der Waals surface area contributed by atoms with Gasteiger partial charge >= 0.3 is 6.09 Å². The van der Waals surface area contributed by atoms with Crippen LogP contribution in [0.15, 0.2) is 33.9 Å². The molecule has 5 nitrogen and oxygen atoms in total. The average Bonchev–Trinajstić information content (AvgIpc) is 2.59. The number of thioether (sulfide) groups is 1. The molecular formula is C9H8N2O3S.